The first-order valence-corrected chi connectivity index (χ1v) is 6.08. The van der Waals surface area contributed by atoms with Crippen LogP contribution in [0, 0.1) is 6.92 Å². The Hall–Kier alpha value is -2.57. The zero-order chi connectivity index (χ0) is 14.4. The summed E-state index contributed by atoms with van der Waals surface area (Å²) in [5.74, 6) is 0.166. The minimum absolute atomic E-state index is 0.0433. The van der Waals surface area contributed by atoms with Crippen LogP contribution in [0.5, 0.6) is 5.75 Å². The summed E-state index contributed by atoms with van der Waals surface area (Å²) in [7, 11) is 0. The van der Waals surface area contributed by atoms with Crippen LogP contribution >= 0.6 is 0 Å². The van der Waals surface area contributed by atoms with E-state index < -0.39 is 0 Å². The van der Waals surface area contributed by atoms with Gasteiger partial charge in [0.05, 0.1) is 18.7 Å². The van der Waals surface area contributed by atoms with Crippen LogP contribution in [-0.4, -0.2) is 22.9 Å². The van der Waals surface area contributed by atoms with Gasteiger partial charge in [0.15, 0.2) is 0 Å². The number of hydrogen-bond acceptors (Lipinski definition) is 7. The molecule has 7 nitrogen and oxygen atoms in total. The van der Waals surface area contributed by atoms with Gasteiger partial charge in [0.25, 0.3) is 0 Å². The van der Waals surface area contributed by atoms with Crippen molar-refractivity contribution in [3.05, 3.63) is 35.7 Å². The van der Waals surface area contributed by atoms with E-state index in [0.717, 1.165) is 0 Å². The number of nitrogen functional groups attached to an aromatic ring is 1. The molecule has 0 spiro atoms. The molecule has 2 N–H and O–H groups in total. The van der Waals surface area contributed by atoms with Gasteiger partial charge in [-0.15, -0.1) is 0 Å². The molecular formula is C13H15N3O4. The number of nitrogens with two attached hydrogens (primary N) is 1. The highest BCUT2D eigenvalue weighted by molar-refractivity contribution is 5.69. The zero-order valence-electron chi connectivity index (χ0n) is 11.0. The summed E-state index contributed by atoms with van der Waals surface area (Å²) >= 11 is 0. The van der Waals surface area contributed by atoms with Crippen LogP contribution in [0.4, 0.5) is 5.69 Å². The summed E-state index contributed by atoms with van der Waals surface area (Å²) in [6, 6.07) is 7.09. The molecule has 2 aromatic rings. The van der Waals surface area contributed by atoms with Gasteiger partial charge in [-0.25, -0.2) is 4.63 Å². The molecule has 0 saturated carbocycles. The van der Waals surface area contributed by atoms with Crippen molar-refractivity contribution in [2.45, 2.75) is 20.0 Å². The van der Waals surface area contributed by atoms with Gasteiger partial charge in [0, 0.05) is 0 Å². The molecular weight excluding hydrogens is 262 g/mol. The second-order valence-corrected chi connectivity index (χ2v) is 4.09. The molecule has 1 aromatic heterocycles. The molecule has 1 aromatic carbocycles. The fourth-order valence-electron chi connectivity index (χ4n) is 1.46. The summed E-state index contributed by atoms with van der Waals surface area (Å²) in [5, 5.41) is 7.21. The van der Waals surface area contributed by atoms with E-state index in [1.165, 1.54) is 0 Å². The molecule has 0 aliphatic rings. The maximum Gasteiger partial charge on any atom is 0.309 e. The normalized spacial score (nSPS) is 10.2. The van der Waals surface area contributed by atoms with Crippen LogP contribution in [-0.2, 0) is 16.1 Å². The monoisotopic (exact) mass is 277 g/mol. The van der Waals surface area contributed by atoms with Gasteiger partial charge < -0.3 is 15.2 Å². The van der Waals surface area contributed by atoms with Crippen LogP contribution in [0.1, 0.15) is 17.8 Å². The van der Waals surface area contributed by atoms with Gasteiger partial charge in [-0.3, -0.25) is 4.79 Å². The topological polar surface area (TPSA) is 100 Å². The summed E-state index contributed by atoms with van der Waals surface area (Å²) < 4.78 is 14.9. The number of para-hydroxylation sites is 2. The largest absolute Gasteiger partial charge is 0.491 e. The molecule has 0 radical (unpaired) electrons. The highest BCUT2D eigenvalue weighted by Crippen LogP contribution is 2.19. The maximum atomic E-state index is 11.5. The molecule has 0 fully saturated rings. The highest BCUT2D eigenvalue weighted by atomic mass is 16.6. The Balaban J connectivity index is 1.71. The first-order valence-electron chi connectivity index (χ1n) is 6.08. The minimum Gasteiger partial charge on any atom is -0.491 e. The maximum absolute atomic E-state index is 11.5. The third-order valence-corrected chi connectivity index (χ3v) is 2.60. The standard InChI is InChI=1S/C13H15N3O4/c1-9-11(16-20-15-9)8-19-13(17)6-7-18-12-5-3-2-4-10(12)14/h2-5H,6-8,14H2,1H3. The van der Waals surface area contributed by atoms with Crippen LogP contribution in [0.25, 0.3) is 0 Å². The second-order valence-electron chi connectivity index (χ2n) is 4.09. The van der Waals surface area contributed by atoms with Crippen LogP contribution in [0.2, 0.25) is 0 Å². The Morgan fingerprint density at radius 3 is 2.85 bits per heavy atom. The first-order chi connectivity index (χ1) is 9.66. The average Bonchev–Trinajstić information content (AvgIpc) is 2.84. The molecule has 0 unspecified atom stereocenters. The summed E-state index contributed by atoms with van der Waals surface area (Å²) in [4.78, 5) is 11.5. The van der Waals surface area contributed by atoms with Crippen LogP contribution in [0.3, 0.4) is 0 Å². The Labute approximate surface area is 115 Å². The average molecular weight is 277 g/mol. The first kappa shape index (κ1) is 13.9. The number of nitrogens with zero attached hydrogens (tertiary/aromatic N) is 2. The molecule has 0 aliphatic carbocycles. The van der Waals surface area contributed by atoms with Crippen molar-refractivity contribution in [2.75, 3.05) is 12.3 Å². The summed E-state index contributed by atoms with van der Waals surface area (Å²) in [6.45, 7) is 1.96. The fraction of sp³-hybridized carbons (Fsp3) is 0.308. The predicted octanol–water partition coefficient (Wildman–Crippen LogP) is 1.47. The molecule has 106 valence electrons. The number of rotatable bonds is 6. The number of carbonyl (C=O) groups is 1. The Morgan fingerprint density at radius 2 is 2.15 bits per heavy atom. The van der Waals surface area contributed by atoms with Gasteiger partial charge in [-0.05, 0) is 19.1 Å². The second kappa shape index (κ2) is 6.55. The van der Waals surface area contributed by atoms with Gasteiger partial charge in [0.2, 0.25) is 0 Å². The third kappa shape index (κ3) is 3.71. The van der Waals surface area contributed by atoms with E-state index in [2.05, 4.69) is 14.9 Å². The Morgan fingerprint density at radius 1 is 1.35 bits per heavy atom. The smallest absolute Gasteiger partial charge is 0.309 e. The lowest BCUT2D eigenvalue weighted by Crippen LogP contribution is -2.11. The van der Waals surface area contributed by atoms with E-state index in [-0.39, 0.29) is 25.6 Å². The molecule has 1 heterocycles. The number of benzene rings is 1. The van der Waals surface area contributed by atoms with Gasteiger partial charge in [0.1, 0.15) is 23.7 Å². The molecule has 20 heavy (non-hydrogen) atoms. The van der Waals surface area contributed by atoms with E-state index in [1.807, 2.05) is 12.1 Å². The van der Waals surface area contributed by atoms with Gasteiger partial charge in [-0.2, -0.15) is 0 Å². The molecule has 0 saturated heterocycles. The molecule has 0 amide bonds. The molecule has 7 heteroatoms. The lowest BCUT2D eigenvalue weighted by atomic mass is 10.3. The lowest BCUT2D eigenvalue weighted by molar-refractivity contribution is -0.145. The van der Waals surface area contributed by atoms with E-state index in [0.29, 0.717) is 22.8 Å². The van der Waals surface area contributed by atoms with E-state index in [4.69, 9.17) is 15.2 Å². The minimum atomic E-state index is -0.387. The van der Waals surface area contributed by atoms with E-state index >= 15 is 0 Å². The lowest BCUT2D eigenvalue weighted by Gasteiger charge is -2.08. The number of aryl methyl sites for hydroxylation is 1. The number of ether oxygens (including phenoxy) is 2. The van der Waals surface area contributed by atoms with Gasteiger partial charge >= 0.3 is 5.97 Å². The fourth-order valence-corrected chi connectivity index (χ4v) is 1.46. The van der Waals surface area contributed by atoms with Crippen LogP contribution < -0.4 is 10.5 Å². The summed E-state index contributed by atoms with van der Waals surface area (Å²) in [5.41, 5.74) is 7.35. The SMILES string of the molecule is Cc1nonc1COC(=O)CCOc1ccccc1N. The Bertz CT molecular complexity index is 583. The van der Waals surface area contributed by atoms with Crippen molar-refractivity contribution < 1.29 is 18.9 Å². The molecule has 0 bridgehead atoms. The highest BCUT2D eigenvalue weighted by Gasteiger charge is 2.09. The number of carbonyl (C=O) groups excluding carboxylic acids is 1. The predicted molar refractivity (Wildman–Crippen MR) is 69.8 cm³/mol. The number of anilines is 1. The number of aromatic nitrogens is 2. The Kier molecular flexibility index (Phi) is 4.54. The number of esters is 1. The van der Waals surface area contributed by atoms with E-state index in [1.54, 1.807) is 19.1 Å². The van der Waals surface area contributed by atoms with Crippen molar-refractivity contribution >= 4 is 11.7 Å². The molecule has 0 aliphatic heterocycles. The van der Waals surface area contributed by atoms with Crippen molar-refractivity contribution in [1.29, 1.82) is 0 Å². The van der Waals surface area contributed by atoms with E-state index in [9.17, 15) is 4.79 Å². The van der Waals surface area contributed by atoms with Crippen molar-refractivity contribution in [3.8, 4) is 5.75 Å². The van der Waals surface area contributed by atoms with Crippen molar-refractivity contribution in [3.63, 3.8) is 0 Å². The van der Waals surface area contributed by atoms with Crippen molar-refractivity contribution in [1.82, 2.24) is 10.3 Å². The van der Waals surface area contributed by atoms with Gasteiger partial charge in [-0.1, -0.05) is 22.4 Å². The third-order valence-electron chi connectivity index (χ3n) is 2.60. The summed E-state index contributed by atoms with van der Waals surface area (Å²) in [6.07, 6.45) is 0.124. The van der Waals surface area contributed by atoms with Crippen molar-refractivity contribution in [2.24, 2.45) is 0 Å². The molecule has 0 atom stereocenters. The number of hydrogen-bond donors (Lipinski definition) is 1. The quantitative estimate of drug-likeness (QED) is 0.630. The van der Waals surface area contributed by atoms with Crippen LogP contribution in [0.15, 0.2) is 28.9 Å². The zero-order valence-corrected chi connectivity index (χ0v) is 11.0. The molecule has 2 rings (SSSR count).